The van der Waals surface area contributed by atoms with E-state index in [1.165, 1.54) is 0 Å². The Kier molecular flexibility index (Phi) is 7.02. The molecule has 7 heteroatoms. The summed E-state index contributed by atoms with van der Waals surface area (Å²) in [6, 6.07) is 7.06. The molecule has 24 heavy (non-hydrogen) atoms. The average Bonchev–Trinajstić information content (AvgIpc) is 2.59. The van der Waals surface area contributed by atoms with Gasteiger partial charge in [-0.05, 0) is 25.5 Å². The first-order valence-electron chi connectivity index (χ1n) is 8.19. The minimum absolute atomic E-state index is 0.0200. The van der Waals surface area contributed by atoms with Gasteiger partial charge in [-0.2, -0.15) is 0 Å². The van der Waals surface area contributed by atoms with Crippen LogP contribution in [0.15, 0.2) is 24.3 Å². The number of anilines is 1. The number of carbonyl (C=O) groups excluding carboxylic acids is 2. The van der Waals surface area contributed by atoms with Crippen LogP contribution in [0.2, 0.25) is 0 Å². The Morgan fingerprint density at radius 2 is 2.04 bits per heavy atom. The van der Waals surface area contributed by atoms with Crippen LogP contribution >= 0.6 is 0 Å². The molecule has 1 atom stereocenters. The molecule has 3 N–H and O–H groups in total. The molecule has 1 aromatic carbocycles. The molecule has 2 amide bonds. The Morgan fingerprint density at radius 3 is 2.75 bits per heavy atom. The largest absolute Gasteiger partial charge is 0.482 e. The summed E-state index contributed by atoms with van der Waals surface area (Å²) in [6.07, 6.45) is 0.961. The number of hydrogen-bond acceptors (Lipinski definition) is 5. The fourth-order valence-electron chi connectivity index (χ4n) is 2.31. The highest BCUT2D eigenvalue weighted by molar-refractivity contribution is 5.92. The van der Waals surface area contributed by atoms with Gasteiger partial charge in [-0.1, -0.05) is 12.1 Å². The number of benzene rings is 1. The van der Waals surface area contributed by atoms with Crippen molar-refractivity contribution in [1.29, 1.82) is 0 Å². The summed E-state index contributed by atoms with van der Waals surface area (Å²) < 4.78 is 10.8. The number of para-hydroxylation sites is 2. The third-order valence-electron chi connectivity index (χ3n) is 3.70. The number of nitrogens with two attached hydrogens (primary N) is 1. The number of morpholine rings is 1. The van der Waals surface area contributed by atoms with Gasteiger partial charge in [0.2, 0.25) is 5.91 Å². The molecule has 0 spiro atoms. The van der Waals surface area contributed by atoms with E-state index in [0.717, 1.165) is 0 Å². The molecule has 1 unspecified atom stereocenters. The highest BCUT2D eigenvalue weighted by atomic mass is 16.5. The van der Waals surface area contributed by atoms with Crippen LogP contribution in [0.1, 0.15) is 19.8 Å². The minimum atomic E-state index is -0.122. The smallest absolute Gasteiger partial charge is 0.260 e. The number of carbonyl (C=O) groups is 2. The van der Waals surface area contributed by atoms with Crippen LogP contribution in [0.3, 0.4) is 0 Å². The van der Waals surface area contributed by atoms with Crippen LogP contribution in [0.5, 0.6) is 5.75 Å². The monoisotopic (exact) mass is 335 g/mol. The molecule has 1 heterocycles. The minimum Gasteiger partial charge on any atom is -0.482 e. The van der Waals surface area contributed by atoms with Crippen LogP contribution < -0.4 is 15.8 Å². The zero-order valence-electron chi connectivity index (χ0n) is 14.0. The third kappa shape index (κ3) is 5.82. The van der Waals surface area contributed by atoms with Gasteiger partial charge in [0, 0.05) is 25.6 Å². The number of ether oxygens (including phenoxy) is 2. The Labute approximate surface area is 142 Å². The lowest BCUT2D eigenvalue weighted by Gasteiger charge is -2.26. The molecule has 0 aromatic heterocycles. The summed E-state index contributed by atoms with van der Waals surface area (Å²) in [5.41, 5.74) is 6.22. The van der Waals surface area contributed by atoms with Crippen LogP contribution in [0.4, 0.5) is 5.69 Å². The van der Waals surface area contributed by atoms with E-state index in [1.807, 2.05) is 6.92 Å². The molecule has 1 aromatic rings. The van der Waals surface area contributed by atoms with Crippen molar-refractivity contribution in [3.63, 3.8) is 0 Å². The second-order valence-corrected chi connectivity index (χ2v) is 5.84. The average molecular weight is 335 g/mol. The van der Waals surface area contributed by atoms with Gasteiger partial charge in [-0.25, -0.2) is 0 Å². The first-order chi connectivity index (χ1) is 11.6. The van der Waals surface area contributed by atoms with Crippen molar-refractivity contribution in [3.05, 3.63) is 24.3 Å². The molecule has 0 radical (unpaired) electrons. The van der Waals surface area contributed by atoms with E-state index < -0.39 is 0 Å². The lowest BCUT2D eigenvalue weighted by molar-refractivity contribution is -0.137. The molecule has 1 saturated heterocycles. The molecule has 0 bridgehead atoms. The molecule has 1 aliphatic heterocycles. The first kappa shape index (κ1) is 18.2. The van der Waals surface area contributed by atoms with Gasteiger partial charge in [-0.3, -0.25) is 9.59 Å². The fraction of sp³-hybridized carbons (Fsp3) is 0.529. The van der Waals surface area contributed by atoms with Gasteiger partial charge in [0.15, 0.2) is 6.61 Å². The summed E-state index contributed by atoms with van der Waals surface area (Å²) in [5, 5.41) is 2.80. The van der Waals surface area contributed by atoms with E-state index in [4.69, 9.17) is 15.2 Å². The van der Waals surface area contributed by atoms with Crippen molar-refractivity contribution >= 4 is 17.5 Å². The van der Waals surface area contributed by atoms with E-state index in [1.54, 1.807) is 29.2 Å². The van der Waals surface area contributed by atoms with Crippen LogP contribution in [-0.2, 0) is 14.3 Å². The summed E-state index contributed by atoms with van der Waals surface area (Å²) in [6.45, 7) is 4.07. The van der Waals surface area contributed by atoms with E-state index in [2.05, 4.69) is 5.32 Å². The maximum atomic E-state index is 12.1. The zero-order chi connectivity index (χ0) is 17.4. The Bertz CT molecular complexity index is 557. The van der Waals surface area contributed by atoms with Crippen molar-refractivity contribution in [2.45, 2.75) is 25.8 Å². The Balaban J connectivity index is 1.88. The van der Waals surface area contributed by atoms with Crippen molar-refractivity contribution < 1.29 is 19.1 Å². The summed E-state index contributed by atoms with van der Waals surface area (Å²) in [7, 11) is 0. The van der Waals surface area contributed by atoms with Crippen molar-refractivity contribution in [2.75, 3.05) is 38.2 Å². The lowest BCUT2D eigenvalue weighted by Crippen LogP contribution is -2.43. The second-order valence-electron chi connectivity index (χ2n) is 5.84. The molecular formula is C17H25N3O4. The molecule has 1 aliphatic rings. The van der Waals surface area contributed by atoms with Crippen LogP contribution in [0, 0.1) is 0 Å². The Hall–Kier alpha value is -2.12. The van der Waals surface area contributed by atoms with E-state index >= 15 is 0 Å². The van der Waals surface area contributed by atoms with Gasteiger partial charge < -0.3 is 25.4 Å². The van der Waals surface area contributed by atoms with Gasteiger partial charge in [0.25, 0.3) is 5.91 Å². The standard InChI is InChI=1S/C17H25N3O4/c1-13(18)6-7-16(21)19-14-4-2-3-5-15(14)24-12-17(22)20-8-10-23-11-9-20/h2-5,13H,6-12,18H2,1H3,(H,19,21). The third-order valence-corrected chi connectivity index (χ3v) is 3.70. The van der Waals surface area contributed by atoms with Crippen molar-refractivity contribution in [1.82, 2.24) is 4.90 Å². The Morgan fingerprint density at radius 1 is 1.33 bits per heavy atom. The highest BCUT2D eigenvalue weighted by Gasteiger charge is 2.18. The molecule has 0 saturated carbocycles. The quantitative estimate of drug-likeness (QED) is 0.775. The number of rotatable bonds is 7. The van der Waals surface area contributed by atoms with Crippen LogP contribution in [0.25, 0.3) is 0 Å². The van der Waals surface area contributed by atoms with E-state index in [0.29, 0.717) is 50.6 Å². The lowest BCUT2D eigenvalue weighted by atomic mass is 10.2. The number of amides is 2. The van der Waals surface area contributed by atoms with Crippen molar-refractivity contribution in [3.8, 4) is 5.75 Å². The first-order valence-corrected chi connectivity index (χ1v) is 8.19. The predicted octanol–water partition coefficient (Wildman–Crippen LogP) is 0.990. The fourth-order valence-corrected chi connectivity index (χ4v) is 2.31. The summed E-state index contributed by atoms with van der Waals surface area (Å²) in [5.74, 6) is 0.271. The normalized spacial score (nSPS) is 15.7. The SMILES string of the molecule is CC(N)CCC(=O)Nc1ccccc1OCC(=O)N1CCOCC1. The number of nitrogens with one attached hydrogen (secondary N) is 1. The maximum absolute atomic E-state index is 12.1. The van der Waals surface area contributed by atoms with Crippen molar-refractivity contribution in [2.24, 2.45) is 5.73 Å². The molecule has 1 fully saturated rings. The molecular weight excluding hydrogens is 310 g/mol. The number of nitrogens with zero attached hydrogens (tertiary/aromatic N) is 1. The summed E-state index contributed by atoms with van der Waals surface area (Å²) in [4.78, 5) is 25.8. The topological polar surface area (TPSA) is 93.9 Å². The molecule has 2 rings (SSSR count). The maximum Gasteiger partial charge on any atom is 0.260 e. The molecule has 7 nitrogen and oxygen atoms in total. The van der Waals surface area contributed by atoms with Gasteiger partial charge in [-0.15, -0.1) is 0 Å². The molecule has 132 valence electrons. The second kappa shape index (κ2) is 9.24. The summed E-state index contributed by atoms with van der Waals surface area (Å²) >= 11 is 0. The highest BCUT2D eigenvalue weighted by Crippen LogP contribution is 2.24. The van der Waals surface area contributed by atoms with E-state index in [9.17, 15) is 9.59 Å². The predicted molar refractivity (Wildman–Crippen MR) is 90.8 cm³/mol. The van der Waals surface area contributed by atoms with Crippen LogP contribution in [-0.4, -0.2) is 55.7 Å². The van der Waals surface area contributed by atoms with E-state index in [-0.39, 0.29) is 24.5 Å². The van der Waals surface area contributed by atoms with Gasteiger partial charge in [0.1, 0.15) is 5.75 Å². The number of hydrogen-bond donors (Lipinski definition) is 2. The zero-order valence-corrected chi connectivity index (χ0v) is 14.0. The molecule has 0 aliphatic carbocycles. The van der Waals surface area contributed by atoms with Gasteiger partial charge in [0.05, 0.1) is 18.9 Å². The van der Waals surface area contributed by atoms with Gasteiger partial charge >= 0.3 is 0 Å².